The minimum Gasteiger partial charge on any atom is -0.496 e. The Morgan fingerprint density at radius 3 is 2.39 bits per heavy atom. The third-order valence-corrected chi connectivity index (χ3v) is 3.87. The molecule has 0 aliphatic heterocycles. The van der Waals surface area contributed by atoms with Crippen molar-refractivity contribution in [3.8, 4) is 5.75 Å². The summed E-state index contributed by atoms with van der Waals surface area (Å²) in [5.41, 5.74) is 2.76. The van der Waals surface area contributed by atoms with Crippen LogP contribution in [0, 0.1) is 12.8 Å². The third-order valence-electron chi connectivity index (χ3n) is 3.87. The Labute approximate surface area is 138 Å². The fourth-order valence-electron chi connectivity index (χ4n) is 2.70. The zero-order chi connectivity index (χ0) is 16.8. The zero-order valence-corrected chi connectivity index (χ0v) is 14.3. The van der Waals surface area contributed by atoms with E-state index in [2.05, 4.69) is 31.3 Å². The monoisotopic (exact) mass is 311 g/mol. The van der Waals surface area contributed by atoms with Crippen LogP contribution in [0.2, 0.25) is 0 Å². The van der Waals surface area contributed by atoms with Gasteiger partial charge in [0.2, 0.25) is 0 Å². The largest absolute Gasteiger partial charge is 0.496 e. The molecule has 0 aromatic heterocycles. The van der Waals surface area contributed by atoms with Crippen molar-refractivity contribution in [3.63, 3.8) is 0 Å². The molecular weight excluding hydrogens is 286 g/mol. The summed E-state index contributed by atoms with van der Waals surface area (Å²) in [4.78, 5) is 12.6. The molecular formula is C20H25NO2. The lowest BCUT2D eigenvalue weighted by molar-refractivity contribution is 0.0932. The van der Waals surface area contributed by atoms with E-state index in [0.29, 0.717) is 11.5 Å². The van der Waals surface area contributed by atoms with Gasteiger partial charge in [-0.1, -0.05) is 44.2 Å². The number of nitrogens with one attached hydrogen (secondary N) is 1. The second-order valence-electron chi connectivity index (χ2n) is 6.25. The standard InChI is InChI=1S/C20H25NO2/c1-14(2)12-18(16-8-6-5-7-9-16)21-20(22)17-10-11-19(23-4)15(3)13-17/h5-11,13-14,18H,12H2,1-4H3,(H,21,22)/t18-/m1/s1. The Balaban J connectivity index is 2.19. The van der Waals surface area contributed by atoms with Crippen LogP contribution in [-0.4, -0.2) is 13.0 Å². The van der Waals surface area contributed by atoms with Crippen molar-refractivity contribution in [3.05, 3.63) is 65.2 Å². The van der Waals surface area contributed by atoms with Crippen LogP contribution in [0.4, 0.5) is 0 Å². The number of methoxy groups -OCH3 is 1. The van der Waals surface area contributed by atoms with Crippen LogP contribution in [-0.2, 0) is 0 Å². The fraction of sp³-hybridized carbons (Fsp3) is 0.350. The molecule has 1 amide bonds. The number of aryl methyl sites for hydroxylation is 1. The number of rotatable bonds is 6. The van der Waals surface area contributed by atoms with Gasteiger partial charge in [-0.2, -0.15) is 0 Å². The number of ether oxygens (including phenoxy) is 1. The molecule has 2 rings (SSSR count). The number of amides is 1. The maximum Gasteiger partial charge on any atom is 0.251 e. The topological polar surface area (TPSA) is 38.3 Å². The molecule has 0 bridgehead atoms. The lowest BCUT2D eigenvalue weighted by Crippen LogP contribution is -2.29. The maximum absolute atomic E-state index is 12.6. The predicted octanol–water partition coefficient (Wildman–Crippen LogP) is 4.52. The van der Waals surface area contributed by atoms with Crippen LogP contribution in [0.5, 0.6) is 5.75 Å². The molecule has 2 aromatic rings. The molecule has 1 N–H and O–H groups in total. The van der Waals surface area contributed by atoms with E-state index in [1.165, 1.54) is 0 Å². The first kappa shape index (κ1) is 17.1. The molecule has 1 atom stereocenters. The molecule has 0 saturated carbocycles. The van der Waals surface area contributed by atoms with Gasteiger partial charge in [0.15, 0.2) is 0 Å². The van der Waals surface area contributed by atoms with Gasteiger partial charge in [-0.25, -0.2) is 0 Å². The Kier molecular flexibility index (Phi) is 5.80. The van der Waals surface area contributed by atoms with E-state index >= 15 is 0 Å². The van der Waals surface area contributed by atoms with Gasteiger partial charge < -0.3 is 10.1 Å². The maximum atomic E-state index is 12.6. The minimum atomic E-state index is -0.0507. The number of hydrogen-bond donors (Lipinski definition) is 1. The summed E-state index contributed by atoms with van der Waals surface area (Å²) >= 11 is 0. The average molecular weight is 311 g/mol. The molecule has 122 valence electrons. The van der Waals surface area contributed by atoms with Crippen molar-refractivity contribution < 1.29 is 9.53 Å². The Morgan fingerprint density at radius 1 is 1.13 bits per heavy atom. The van der Waals surface area contributed by atoms with E-state index in [0.717, 1.165) is 23.3 Å². The molecule has 0 radical (unpaired) electrons. The lowest BCUT2D eigenvalue weighted by atomic mass is 9.96. The number of carbonyl (C=O) groups excluding carboxylic acids is 1. The Morgan fingerprint density at radius 2 is 1.83 bits per heavy atom. The van der Waals surface area contributed by atoms with Crippen LogP contribution in [0.3, 0.4) is 0 Å². The SMILES string of the molecule is COc1ccc(C(=O)N[C@H](CC(C)C)c2ccccc2)cc1C. The molecule has 0 unspecified atom stereocenters. The van der Waals surface area contributed by atoms with Crippen molar-refractivity contribution in [2.45, 2.75) is 33.2 Å². The highest BCUT2D eigenvalue weighted by molar-refractivity contribution is 5.94. The van der Waals surface area contributed by atoms with Crippen molar-refractivity contribution in [2.75, 3.05) is 7.11 Å². The summed E-state index contributed by atoms with van der Waals surface area (Å²) in [6.45, 7) is 6.28. The smallest absolute Gasteiger partial charge is 0.251 e. The highest BCUT2D eigenvalue weighted by atomic mass is 16.5. The van der Waals surface area contributed by atoms with Gasteiger partial charge in [-0.15, -0.1) is 0 Å². The van der Waals surface area contributed by atoms with E-state index in [1.54, 1.807) is 13.2 Å². The quantitative estimate of drug-likeness (QED) is 0.851. The fourth-order valence-corrected chi connectivity index (χ4v) is 2.70. The van der Waals surface area contributed by atoms with Crippen LogP contribution in [0.25, 0.3) is 0 Å². The normalized spacial score (nSPS) is 12.0. The van der Waals surface area contributed by atoms with Gasteiger partial charge in [-0.05, 0) is 48.6 Å². The average Bonchev–Trinajstić information content (AvgIpc) is 2.54. The van der Waals surface area contributed by atoms with Crippen molar-refractivity contribution in [1.29, 1.82) is 0 Å². The first-order valence-electron chi connectivity index (χ1n) is 8.01. The van der Waals surface area contributed by atoms with E-state index in [9.17, 15) is 4.79 Å². The summed E-state index contributed by atoms with van der Waals surface area (Å²) in [6, 6.07) is 15.7. The van der Waals surface area contributed by atoms with Gasteiger partial charge in [-0.3, -0.25) is 4.79 Å². The molecule has 0 saturated heterocycles. The Hall–Kier alpha value is -2.29. The summed E-state index contributed by atoms with van der Waals surface area (Å²) in [6.07, 6.45) is 0.908. The van der Waals surface area contributed by atoms with Crippen molar-refractivity contribution in [1.82, 2.24) is 5.32 Å². The predicted molar refractivity (Wildman–Crippen MR) is 93.8 cm³/mol. The van der Waals surface area contributed by atoms with E-state index in [4.69, 9.17) is 4.74 Å². The molecule has 3 heteroatoms. The number of carbonyl (C=O) groups is 1. The molecule has 0 spiro atoms. The molecule has 3 nitrogen and oxygen atoms in total. The van der Waals surface area contributed by atoms with Gasteiger partial charge in [0.25, 0.3) is 5.91 Å². The molecule has 0 aliphatic carbocycles. The zero-order valence-electron chi connectivity index (χ0n) is 14.3. The Bertz CT molecular complexity index is 650. The number of hydrogen-bond acceptors (Lipinski definition) is 2. The van der Waals surface area contributed by atoms with Crippen molar-refractivity contribution in [2.24, 2.45) is 5.92 Å². The molecule has 2 aromatic carbocycles. The highest BCUT2D eigenvalue weighted by Crippen LogP contribution is 2.23. The van der Waals surface area contributed by atoms with Crippen LogP contribution < -0.4 is 10.1 Å². The first-order valence-corrected chi connectivity index (χ1v) is 8.01. The van der Waals surface area contributed by atoms with E-state index < -0.39 is 0 Å². The summed E-state index contributed by atoms with van der Waals surface area (Å²) in [7, 11) is 1.64. The molecule has 0 heterocycles. The lowest BCUT2D eigenvalue weighted by Gasteiger charge is -2.21. The van der Waals surface area contributed by atoms with Crippen molar-refractivity contribution >= 4 is 5.91 Å². The van der Waals surface area contributed by atoms with E-state index in [-0.39, 0.29) is 11.9 Å². The highest BCUT2D eigenvalue weighted by Gasteiger charge is 2.17. The first-order chi connectivity index (χ1) is 11.0. The second kappa shape index (κ2) is 7.82. The number of benzene rings is 2. The van der Waals surface area contributed by atoms with Crippen LogP contribution >= 0.6 is 0 Å². The molecule has 23 heavy (non-hydrogen) atoms. The van der Waals surface area contributed by atoms with Gasteiger partial charge in [0.05, 0.1) is 13.2 Å². The third kappa shape index (κ3) is 4.59. The second-order valence-corrected chi connectivity index (χ2v) is 6.25. The summed E-state index contributed by atoms with van der Waals surface area (Å²) < 4.78 is 5.25. The minimum absolute atomic E-state index is 0.0195. The summed E-state index contributed by atoms with van der Waals surface area (Å²) in [5.74, 6) is 1.24. The van der Waals surface area contributed by atoms with E-state index in [1.807, 2.05) is 37.3 Å². The summed E-state index contributed by atoms with van der Waals surface area (Å²) in [5, 5.41) is 3.17. The van der Waals surface area contributed by atoms with Gasteiger partial charge >= 0.3 is 0 Å². The molecule has 0 fully saturated rings. The van der Waals surface area contributed by atoms with Crippen LogP contribution in [0.1, 0.15) is 47.8 Å². The van der Waals surface area contributed by atoms with Gasteiger partial charge in [0.1, 0.15) is 5.75 Å². The molecule has 0 aliphatic rings. The van der Waals surface area contributed by atoms with Crippen LogP contribution in [0.15, 0.2) is 48.5 Å². The van der Waals surface area contributed by atoms with Gasteiger partial charge in [0, 0.05) is 5.56 Å².